The van der Waals surface area contributed by atoms with Crippen LogP contribution in [0.4, 0.5) is 0 Å². The molecule has 216 valence electrons. The van der Waals surface area contributed by atoms with Crippen LogP contribution in [0.5, 0.6) is 0 Å². The summed E-state index contributed by atoms with van der Waals surface area (Å²) in [7, 11) is 0. The maximum absolute atomic E-state index is 12.5. The molecule has 0 aromatic rings. The second-order valence-electron chi connectivity index (χ2n) is 12.4. The molecule has 0 unspecified atom stereocenters. The Balaban J connectivity index is 1.77. The van der Waals surface area contributed by atoms with Gasteiger partial charge in [0.1, 0.15) is 12.9 Å². The van der Waals surface area contributed by atoms with Crippen LogP contribution in [0.2, 0.25) is 0 Å². The number of aliphatic hydroxyl groups excluding tert-OH is 2. The van der Waals surface area contributed by atoms with E-state index in [4.69, 9.17) is 4.74 Å². The molecule has 5 atom stereocenters. The molecule has 4 rings (SSSR count). The maximum Gasteiger partial charge on any atom is 0.145 e. The maximum atomic E-state index is 12.5. The van der Waals surface area contributed by atoms with Crippen LogP contribution in [0, 0.1) is 28.6 Å². The molecule has 2 bridgehead atoms. The van der Waals surface area contributed by atoms with E-state index in [-0.39, 0.29) is 12.5 Å². The first-order chi connectivity index (χ1) is 19.1. The van der Waals surface area contributed by atoms with Crippen molar-refractivity contribution in [2.45, 2.75) is 90.3 Å². The van der Waals surface area contributed by atoms with Gasteiger partial charge in [-0.3, -0.25) is 4.79 Å². The average molecular weight is 547 g/mol. The van der Waals surface area contributed by atoms with Crippen LogP contribution in [0.1, 0.15) is 78.6 Å². The van der Waals surface area contributed by atoms with Crippen LogP contribution in [0.15, 0.2) is 70.4 Å². The Hall–Kier alpha value is -2.49. The van der Waals surface area contributed by atoms with E-state index in [0.29, 0.717) is 63.7 Å². The zero-order valence-electron chi connectivity index (χ0n) is 24.5. The van der Waals surface area contributed by atoms with Gasteiger partial charge < -0.3 is 20.1 Å². The van der Waals surface area contributed by atoms with Crippen molar-refractivity contribution in [1.29, 1.82) is 0 Å². The number of carbonyl (C=O) groups is 1. The smallest absolute Gasteiger partial charge is 0.145 e. The molecule has 1 aliphatic heterocycles. The summed E-state index contributed by atoms with van der Waals surface area (Å²) in [6, 6.07) is 0. The minimum absolute atomic E-state index is 0.0242. The highest BCUT2D eigenvalue weighted by Crippen LogP contribution is 2.67. The molecule has 3 N–H and O–H groups in total. The number of hydrogen-bond donors (Lipinski definition) is 3. The van der Waals surface area contributed by atoms with E-state index in [9.17, 15) is 20.1 Å². The van der Waals surface area contributed by atoms with E-state index >= 15 is 0 Å². The van der Waals surface area contributed by atoms with Gasteiger partial charge in [-0.1, -0.05) is 65.5 Å². The van der Waals surface area contributed by atoms with Gasteiger partial charge in [0.2, 0.25) is 0 Å². The molecule has 0 saturated heterocycles. The normalized spacial score (nSPS) is 38.8. The lowest BCUT2D eigenvalue weighted by Gasteiger charge is -2.56. The van der Waals surface area contributed by atoms with Gasteiger partial charge in [0.05, 0.1) is 18.3 Å². The molecule has 2 spiro atoms. The molecule has 0 radical (unpaired) electrons. The van der Waals surface area contributed by atoms with Crippen molar-refractivity contribution in [3.05, 3.63) is 70.4 Å². The predicted molar refractivity (Wildman–Crippen MR) is 159 cm³/mol. The lowest BCUT2D eigenvalue weighted by atomic mass is 9.51. The highest BCUT2D eigenvalue weighted by Gasteiger charge is 2.68. The van der Waals surface area contributed by atoms with Crippen LogP contribution >= 0.6 is 0 Å². The molecule has 1 heterocycles. The van der Waals surface area contributed by atoms with Gasteiger partial charge in [0.25, 0.3) is 0 Å². The zero-order valence-corrected chi connectivity index (χ0v) is 24.5. The lowest BCUT2D eigenvalue weighted by Crippen LogP contribution is -2.61. The third kappa shape index (κ3) is 5.65. The summed E-state index contributed by atoms with van der Waals surface area (Å²) < 4.78 is 6.08. The Morgan fingerprint density at radius 1 is 1.23 bits per heavy atom. The molecule has 40 heavy (non-hydrogen) atoms. The second kappa shape index (κ2) is 12.6. The molecule has 3 aliphatic carbocycles. The van der Waals surface area contributed by atoms with Crippen LogP contribution in [0.3, 0.4) is 0 Å². The first-order valence-corrected chi connectivity index (χ1v) is 14.8. The number of rotatable bonds is 4. The van der Waals surface area contributed by atoms with Crippen molar-refractivity contribution in [2.24, 2.45) is 16.7 Å². The second-order valence-corrected chi connectivity index (χ2v) is 12.4. The first kappa shape index (κ1) is 30.5. The summed E-state index contributed by atoms with van der Waals surface area (Å²) in [6.07, 6.45) is 16.6. The van der Waals surface area contributed by atoms with E-state index in [1.165, 1.54) is 5.57 Å². The van der Waals surface area contributed by atoms with Crippen molar-refractivity contribution < 1.29 is 24.9 Å². The van der Waals surface area contributed by atoms with Crippen molar-refractivity contribution in [2.75, 3.05) is 19.8 Å². The van der Waals surface area contributed by atoms with Gasteiger partial charge in [0.15, 0.2) is 0 Å². The van der Waals surface area contributed by atoms with Crippen LogP contribution in [0.25, 0.3) is 0 Å². The van der Waals surface area contributed by atoms with Crippen LogP contribution < -0.4 is 0 Å². The molecular weight excluding hydrogens is 500 g/mol. The molecule has 2 fully saturated rings. The summed E-state index contributed by atoms with van der Waals surface area (Å²) in [4.78, 5) is 11.9. The van der Waals surface area contributed by atoms with E-state index < -0.39 is 22.5 Å². The zero-order chi connectivity index (χ0) is 29.0. The number of allylic oxidation sites excluding steroid dienone is 9. The van der Waals surface area contributed by atoms with E-state index in [0.717, 1.165) is 41.4 Å². The van der Waals surface area contributed by atoms with E-state index in [2.05, 4.69) is 55.7 Å². The Bertz CT molecular complexity index is 1220. The fourth-order valence-corrected chi connectivity index (χ4v) is 7.68. The van der Waals surface area contributed by atoms with Crippen molar-refractivity contribution in [1.82, 2.24) is 0 Å². The standard InChI is InChI=1S/C35H46O5/c1-25-9-5-6-20-40-24-29-22-28(21-26(2)11-7-10-25)13-16-34(29)17-18-35(32(34)38)31(12-8-19-36)30(27(3)23-37)14-15-33(35,4)39/h10,13,16,21-23,31-32,36,38-39H,2,7-9,11-12,14-15,17-20,24H2,1,3-4H3/b25-10+,28-21+,30-27+/t31-,32-,33-,34-,35-/m1/s1. The summed E-state index contributed by atoms with van der Waals surface area (Å²) in [5, 5.41) is 34.3. The average Bonchev–Trinajstić information content (AvgIpc) is 3.21. The van der Waals surface area contributed by atoms with Gasteiger partial charge in [-0.25, -0.2) is 0 Å². The van der Waals surface area contributed by atoms with Gasteiger partial charge in [-0.15, -0.1) is 0 Å². The van der Waals surface area contributed by atoms with Gasteiger partial charge in [-0.2, -0.15) is 0 Å². The summed E-state index contributed by atoms with van der Waals surface area (Å²) in [5.41, 5.74) is 3.25. The quantitative estimate of drug-likeness (QED) is 0.182. The van der Waals surface area contributed by atoms with Crippen LogP contribution in [-0.2, 0) is 9.53 Å². The molecule has 2 saturated carbocycles. The highest BCUT2D eigenvalue weighted by molar-refractivity contribution is 5.74. The lowest BCUT2D eigenvalue weighted by molar-refractivity contribution is -0.173. The monoisotopic (exact) mass is 546 g/mol. The SMILES string of the molecule is C=C1/C=C2\C=C[C@@]3(CC[C@@]4([C@H](CCCO)/C(=C(\C)C=O)CC[C@@]4(C)O)[C@@H]3O)C(=C2)COCC#CC/C(C)=C/CC1. The number of carbonyl (C=O) groups excluding carboxylic acids is 1. The predicted octanol–water partition coefficient (Wildman–Crippen LogP) is 5.69. The molecule has 0 aromatic carbocycles. The highest BCUT2D eigenvalue weighted by atomic mass is 16.5. The van der Waals surface area contributed by atoms with Crippen molar-refractivity contribution in [3.63, 3.8) is 0 Å². The largest absolute Gasteiger partial charge is 0.396 e. The topological polar surface area (TPSA) is 87.0 Å². The summed E-state index contributed by atoms with van der Waals surface area (Å²) in [6.45, 7) is 10.7. The van der Waals surface area contributed by atoms with Crippen LogP contribution in [-0.4, -0.2) is 53.1 Å². The fraction of sp³-hybridized carbons (Fsp3) is 0.571. The Kier molecular flexibility index (Phi) is 9.58. The van der Waals surface area contributed by atoms with Crippen molar-refractivity contribution in [3.8, 4) is 11.8 Å². The number of fused-ring (bicyclic) bond motifs is 2. The first-order valence-electron chi connectivity index (χ1n) is 14.8. The minimum atomic E-state index is -1.14. The molecule has 0 aromatic heterocycles. The molecule has 5 heteroatoms. The Morgan fingerprint density at radius 3 is 2.77 bits per heavy atom. The van der Waals surface area contributed by atoms with E-state index in [1.54, 1.807) is 0 Å². The Morgan fingerprint density at radius 2 is 2.02 bits per heavy atom. The third-order valence-corrected chi connectivity index (χ3v) is 9.95. The molecule has 4 aliphatic rings. The molecule has 5 nitrogen and oxygen atoms in total. The number of hydrogen-bond acceptors (Lipinski definition) is 5. The minimum Gasteiger partial charge on any atom is -0.396 e. The number of ether oxygens (including phenoxy) is 1. The van der Waals surface area contributed by atoms with Crippen molar-refractivity contribution >= 4 is 6.29 Å². The summed E-state index contributed by atoms with van der Waals surface area (Å²) >= 11 is 0. The molecular formula is C35H46O5. The van der Waals surface area contributed by atoms with E-state index in [1.807, 2.05) is 13.8 Å². The number of aliphatic hydroxyl groups is 3. The summed E-state index contributed by atoms with van der Waals surface area (Å²) in [5.74, 6) is 6.11. The Labute approximate surface area is 240 Å². The van der Waals surface area contributed by atoms with Gasteiger partial charge in [0, 0.05) is 23.9 Å². The fourth-order valence-electron chi connectivity index (χ4n) is 7.68. The molecule has 0 amide bonds. The van der Waals surface area contributed by atoms with Gasteiger partial charge >= 0.3 is 0 Å². The number of aldehydes is 1. The van der Waals surface area contributed by atoms with Gasteiger partial charge in [-0.05, 0) is 94.8 Å². The third-order valence-electron chi connectivity index (χ3n) is 9.95.